The van der Waals surface area contributed by atoms with Crippen LogP contribution in [0.4, 0.5) is 0 Å². The van der Waals surface area contributed by atoms with E-state index in [4.69, 9.17) is 14.7 Å². The average Bonchev–Trinajstić information content (AvgIpc) is 2.85. The largest absolute Gasteiger partial charge is 0.497 e. The van der Waals surface area contributed by atoms with Crippen LogP contribution in [0.15, 0.2) is 24.3 Å². The highest BCUT2D eigenvalue weighted by molar-refractivity contribution is 6.12. The number of aromatic amines is 1. The summed E-state index contributed by atoms with van der Waals surface area (Å²) in [5, 5.41) is 11.1. The maximum absolute atomic E-state index is 9.13. The van der Waals surface area contributed by atoms with Crippen molar-refractivity contribution < 1.29 is 9.47 Å². The molecule has 3 aromatic rings. The van der Waals surface area contributed by atoms with Gasteiger partial charge in [0.2, 0.25) is 0 Å². The number of ether oxygens (including phenoxy) is 2. The van der Waals surface area contributed by atoms with E-state index in [1.54, 1.807) is 14.2 Å². The number of nitrogens with zero attached hydrogens (tertiary/aromatic N) is 1. The molecule has 1 aromatic heterocycles. The van der Waals surface area contributed by atoms with Crippen molar-refractivity contribution in [3.63, 3.8) is 0 Å². The van der Waals surface area contributed by atoms with Crippen LogP contribution in [0, 0.1) is 18.3 Å². The Bertz CT molecular complexity index is 856. The molecular weight excluding hydrogens is 252 g/mol. The summed E-state index contributed by atoms with van der Waals surface area (Å²) >= 11 is 0. The van der Waals surface area contributed by atoms with E-state index < -0.39 is 0 Å². The molecule has 0 unspecified atom stereocenters. The first kappa shape index (κ1) is 12.4. The standard InChI is InChI=1S/C16H14N2O2/c1-9-4-10(8-17)5-12-15-13(18-16(9)12)6-11(19-2)7-14(15)20-3/h4-7,18H,1-3H3. The molecule has 0 aliphatic heterocycles. The van der Waals surface area contributed by atoms with E-state index in [0.29, 0.717) is 5.56 Å². The molecule has 20 heavy (non-hydrogen) atoms. The Labute approximate surface area is 116 Å². The maximum atomic E-state index is 9.13. The number of aryl methyl sites for hydroxylation is 1. The van der Waals surface area contributed by atoms with Crippen LogP contribution in [0.1, 0.15) is 11.1 Å². The molecule has 3 rings (SSSR count). The first-order chi connectivity index (χ1) is 9.67. The van der Waals surface area contributed by atoms with Crippen LogP contribution in [-0.4, -0.2) is 19.2 Å². The van der Waals surface area contributed by atoms with Crippen LogP contribution < -0.4 is 9.47 Å². The summed E-state index contributed by atoms with van der Waals surface area (Å²) in [7, 11) is 3.26. The van der Waals surface area contributed by atoms with Crippen molar-refractivity contribution >= 4 is 21.8 Å². The van der Waals surface area contributed by atoms with Gasteiger partial charge in [-0.1, -0.05) is 0 Å². The third-order valence-corrected chi connectivity index (χ3v) is 3.52. The molecular formula is C16H14N2O2. The van der Waals surface area contributed by atoms with E-state index in [2.05, 4.69) is 11.1 Å². The fraction of sp³-hybridized carbons (Fsp3) is 0.188. The SMILES string of the molecule is COc1cc(OC)c2c(c1)[nH]c1c(C)cc(C#N)cc12. The molecule has 4 heteroatoms. The quantitative estimate of drug-likeness (QED) is 0.772. The van der Waals surface area contributed by atoms with Gasteiger partial charge < -0.3 is 14.5 Å². The number of aromatic nitrogens is 1. The Kier molecular flexibility index (Phi) is 2.76. The third-order valence-electron chi connectivity index (χ3n) is 3.52. The van der Waals surface area contributed by atoms with Crippen molar-refractivity contribution in [1.29, 1.82) is 5.26 Å². The van der Waals surface area contributed by atoms with Crippen molar-refractivity contribution in [3.05, 3.63) is 35.4 Å². The Balaban J connectivity index is 2.50. The maximum Gasteiger partial charge on any atom is 0.132 e. The summed E-state index contributed by atoms with van der Waals surface area (Å²) in [6.07, 6.45) is 0. The second kappa shape index (κ2) is 4.46. The molecule has 0 aliphatic carbocycles. The van der Waals surface area contributed by atoms with Crippen LogP contribution in [-0.2, 0) is 0 Å². The highest BCUT2D eigenvalue weighted by Crippen LogP contribution is 2.37. The van der Waals surface area contributed by atoms with Crippen molar-refractivity contribution in [2.45, 2.75) is 6.92 Å². The summed E-state index contributed by atoms with van der Waals surface area (Å²) in [5.74, 6) is 1.47. The third kappa shape index (κ3) is 1.68. The lowest BCUT2D eigenvalue weighted by Crippen LogP contribution is -1.87. The van der Waals surface area contributed by atoms with Crippen LogP contribution in [0.2, 0.25) is 0 Å². The molecule has 100 valence electrons. The van der Waals surface area contributed by atoms with Crippen molar-refractivity contribution in [1.82, 2.24) is 4.98 Å². The van der Waals surface area contributed by atoms with Gasteiger partial charge in [-0.05, 0) is 24.6 Å². The zero-order valence-electron chi connectivity index (χ0n) is 11.6. The average molecular weight is 266 g/mol. The normalized spacial score (nSPS) is 10.7. The van der Waals surface area contributed by atoms with Gasteiger partial charge in [0.05, 0.1) is 31.4 Å². The Morgan fingerprint density at radius 3 is 2.55 bits per heavy atom. The number of hydrogen-bond acceptors (Lipinski definition) is 3. The zero-order chi connectivity index (χ0) is 14.3. The molecule has 0 radical (unpaired) electrons. The molecule has 1 heterocycles. The molecule has 0 atom stereocenters. The lowest BCUT2D eigenvalue weighted by Gasteiger charge is -2.06. The number of hydrogen-bond donors (Lipinski definition) is 1. The minimum Gasteiger partial charge on any atom is -0.497 e. The van der Waals surface area contributed by atoms with Crippen LogP contribution in [0.3, 0.4) is 0 Å². The molecule has 1 N–H and O–H groups in total. The highest BCUT2D eigenvalue weighted by Gasteiger charge is 2.14. The lowest BCUT2D eigenvalue weighted by molar-refractivity contribution is 0.398. The van der Waals surface area contributed by atoms with E-state index in [1.807, 2.05) is 31.2 Å². The zero-order valence-corrected chi connectivity index (χ0v) is 11.6. The van der Waals surface area contributed by atoms with Crippen molar-refractivity contribution in [2.75, 3.05) is 14.2 Å². The number of fused-ring (bicyclic) bond motifs is 3. The number of methoxy groups -OCH3 is 2. The highest BCUT2D eigenvalue weighted by atomic mass is 16.5. The molecule has 2 aromatic carbocycles. The van der Waals surface area contributed by atoms with Gasteiger partial charge in [-0.2, -0.15) is 5.26 Å². The molecule has 0 saturated carbocycles. The van der Waals surface area contributed by atoms with E-state index in [0.717, 1.165) is 38.9 Å². The predicted molar refractivity (Wildman–Crippen MR) is 78.4 cm³/mol. The van der Waals surface area contributed by atoms with Gasteiger partial charge >= 0.3 is 0 Å². The van der Waals surface area contributed by atoms with Crippen LogP contribution >= 0.6 is 0 Å². The minimum absolute atomic E-state index is 0.647. The lowest BCUT2D eigenvalue weighted by atomic mass is 10.1. The van der Waals surface area contributed by atoms with Gasteiger partial charge in [-0.25, -0.2) is 0 Å². The number of rotatable bonds is 2. The van der Waals surface area contributed by atoms with Crippen LogP contribution in [0.25, 0.3) is 21.8 Å². The van der Waals surface area contributed by atoms with Gasteiger partial charge in [0.25, 0.3) is 0 Å². The Morgan fingerprint density at radius 2 is 1.90 bits per heavy atom. The predicted octanol–water partition coefficient (Wildman–Crippen LogP) is 3.52. The topological polar surface area (TPSA) is 58.0 Å². The summed E-state index contributed by atoms with van der Waals surface area (Å²) in [4.78, 5) is 3.38. The minimum atomic E-state index is 0.647. The number of H-pyrrole nitrogens is 1. The number of benzene rings is 2. The second-order valence-corrected chi connectivity index (χ2v) is 4.70. The fourth-order valence-corrected chi connectivity index (χ4v) is 2.59. The summed E-state index contributed by atoms with van der Waals surface area (Å²) in [6, 6.07) is 9.74. The van der Waals surface area contributed by atoms with Gasteiger partial charge in [-0.3, -0.25) is 0 Å². The summed E-state index contributed by atoms with van der Waals surface area (Å²) < 4.78 is 10.8. The van der Waals surface area contributed by atoms with Crippen molar-refractivity contribution in [2.24, 2.45) is 0 Å². The number of nitriles is 1. The number of nitrogens with one attached hydrogen (secondary N) is 1. The van der Waals surface area contributed by atoms with E-state index >= 15 is 0 Å². The van der Waals surface area contributed by atoms with Gasteiger partial charge in [0.15, 0.2) is 0 Å². The summed E-state index contributed by atoms with van der Waals surface area (Å²) in [6.45, 7) is 1.99. The molecule has 4 nitrogen and oxygen atoms in total. The Morgan fingerprint density at radius 1 is 1.10 bits per heavy atom. The van der Waals surface area contributed by atoms with Gasteiger partial charge in [0, 0.05) is 28.4 Å². The van der Waals surface area contributed by atoms with Gasteiger partial charge in [0.1, 0.15) is 11.5 Å². The molecule has 0 saturated heterocycles. The van der Waals surface area contributed by atoms with E-state index in [-0.39, 0.29) is 0 Å². The van der Waals surface area contributed by atoms with Crippen molar-refractivity contribution in [3.8, 4) is 17.6 Å². The molecule has 0 spiro atoms. The molecule has 0 fully saturated rings. The van der Waals surface area contributed by atoms with Gasteiger partial charge in [-0.15, -0.1) is 0 Å². The Hall–Kier alpha value is -2.67. The fourth-order valence-electron chi connectivity index (χ4n) is 2.59. The van der Waals surface area contributed by atoms with E-state index in [9.17, 15) is 0 Å². The molecule has 0 aliphatic rings. The second-order valence-electron chi connectivity index (χ2n) is 4.70. The molecule has 0 bridgehead atoms. The first-order valence-corrected chi connectivity index (χ1v) is 6.26. The summed E-state index contributed by atoms with van der Waals surface area (Å²) in [5.41, 5.74) is 3.64. The monoisotopic (exact) mass is 266 g/mol. The van der Waals surface area contributed by atoms with Crippen LogP contribution in [0.5, 0.6) is 11.5 Å². The van der Waals surface area contributed by atoms with E-state index in [1.165, 1.54) is 0 Å². The molecule has 0 amide bonds. The smallest absolute Gasteiger partial charge is 0.132 e. The first-order valence-electron chi connectivity index (χ1n) is 6.26.